The predicted octanol–water partition coefficient (Wildman–Crippen LogP) is 4.67. The number of amides is 2. The van der Waals surface area contributed by atoms with Gasteiger partial charge in [-0.15, -0.1) is 0 Å². The molecule has 1 N–H and O–H groups in total. The van der Waals surface area contributed by atoms with E-state index >= 15 is 0 Å². The van der Waals surface area contributed by atoms with Crippen molar-refractivity contribution in [3.8, 4) is 5.75 Å². The third-order valence-corrected chi connectivity index (χ3v) is 4.89. The fraction of sp³-hybridized carbons (Fsp3) is 0.480. The lowest BCUT2D eigenvalue weighted by Gasteiger charge is -2.37. The van der Waals surface area contributed by atoms with Crippen LogP contribution in [0, 0.1) is 11.7 Å². The van der Waals surface area contributed by atoms with Crippen LogP contribution in [0.1, 0.15) is 47.4 Å². The topological polar surface area (TPSA) is 44.8 Å². The summed E-state index contributed by atoms with van der Waals surface area (Å²) in [7, 11) is 0. The molecule has 0 bridgehead atoms. The van der Waals surface area contributed by atoms with Crippen LogP contribution < -0.4 is 10.1 Å². The Hall–Kier alpha value is -2.60. The van der Waals surface area contributed by atoms with E-state index in [1.807, 2.05) is 13.8 Å². The summed E-state index contributed by atoms with van der Waals surface area (Å²) in [5.41, 5.74) is 0.154. The Labute approximate surface area is 195 Å². The fourth-order valence-corrected chi connectivity index (χ4v) is 3.18. The van der Waals surface area contributed by atoms with E-state index in [0.717, 1.165) is 17.0 Å². The van der Waals surface area contributed by atoms with E-state index in [1.54, 1.807) is 12.1 Å². The summed E-state index contributed by atoms with van der Waals surface area (Å²) in [5.74, 6) is 0.303. The van der Waals surface area contributed by atoms with Crippen molar-refractivity contribution in [3.63, 3.8) is 0 Å². The largest absolute Gasteiger partial charge is 0.493 e. The van der Waals surface area contributed by atoms with Gasteiger partial charge in [-0.1, -0.05) is 38.1 Å². The maximum Gasteiger partial charge on any atom is 0.318 e. The second-order valence-electron chi connectivity index (χ2n) is 7.99. The Kier molecular flexibility index (Phi) is 5.48. The molecule has 0 unspecified atom stereocenters. The van der Waals surface area contributed by atoms with Crippen molar-refractivity contribution in [1.82, 2.24) is 15.1 Å². The molecule has 5 nitrogen and oxygen atoms in total. The van der Waals surface area contributed by atoms with Crippen molar-refractivity contribution < 1.29 is 23.5 Å². The summed E-state index contributed by atoms with van der Waals surface area (Å²) in [5, 5.41) is 2.31. The number of urea groups is 1. The molecule has 168 valence electrons. The molecule has 3 rings (SSSR count). The molecule has 0 aromatic heterocycles. The monoisotopic (exact) mass is 434 g/mol. The molecule has 2 aromatic carbocycles. The number of rotatable bonds is 8. The lowest BCUT2D eigenvalue weighted by atomic mass is 10.0. The van der Waals surface area contributed by atoms with Gasteiger partial charge in [0.15, 0.2) is 0 Å². The maximum absolute atomic E-state index is 13.6. The quantitative estimate of drug-likeness (QED) is 0.657. The number of hydrogen-bond donors (Lipinski definition) is 1. The zero-order chi connectivity index (χ0) is 28.3. The molecule has 0 saturated carbocycles. The van der Waals surface area contributed by atoms with Crippen molar-refractivity contribution in [1.29, 1.82) is 0 Å². The number of halogens is 1. The Balaban J connectivity index is 1.86. The smallest absolute Gasteiger partial charge is 0.318 e. The summed E-state index contributed by atoms with van der Waals surface area (Å²) in [4.78, 5) is 15.8. The number of carbonyl (C=O) groups is 1. The molecular weight excluding hydrogens is 393 g/mol. The molecule has 31 heavy (non-hydrogen) atoms. The molecule has 1 fully saturated rings. The van der Waals surface area contributed by atoms with Crippen LogP contribution in [-0.4, -0.2) is 48.5 Å². The van der Waals surface area contributed by atoms with Crippen LogP contribution >= 0.6 is 0 Å². The second kappa shape index (κ2) is 11.1. The molecule has 2 amide bonds. The van der Waals surface area contributed by atoms with Crippen molar-refractivity contribution >= 4 is 6.03 Å². The fourth-order valence-electron chi connectivity index (χ4n) is 3.18. The normalized spacial score (nSPS) is 19.8. The highest BCUT2D eigenvalue weighted by Crippen LogP contribution is 2.19. The number of benzene rings is 2. The van der Waals surface area contributed by atoms with Crippen molar-refractivity contribution in [2.45, 2.75) is 45.7 Å². The van der Waals surface area contributed by atoms with Gasteiger partial charge in [-0.3, -0.25) is 0 Å². The predicted molar refractivity (Wildman–Crippen MR) is 121 cm³/mol. The Morgan fingerprint density at radius 2 is 1.84 bits per heavy atom. The van der Waals surface area contributed by atoms with Crippen molar-refractivity contribution in [2.24, 2.45) is 5.92 Å². The maximum atomic E-state index is 13.6. The minimum Gasteiger partial charge on any atom is -0.493 e. The van der Waals surface area contributed by atoms with Crippen LogP contribution in [0.2, 0.25) is 0 Å². The van der Waals surface area contributed by atoms with Gasteiger partial charge in [0.05, 0.1) is 12.1 Å². The summed E-state index contributed by atoms with van der Waals surface area (Å²) >= 11 is 0. The van der Waals surface area contributed by atoms with Gasteiger partial charge in [0.25, 0.3) is 0 Å². The first-order chi connectivity index (χ1) is 17.6. The number of hydrogen-bond acceptors (Lipinski definition) is 3. The molecule has 0 radical (unpaired) electrons. The number of carbonyl (C=O) groups excluding carboxylic acids is 1. The zero-order valence-corrected chi connectivity index (χ0v) is 17.9. The van der Waals surface area contributed by atoms with E-state index in [4.69, 9.17) is 14.3 Å². The van der Waals surface area contributed by atoms with Crippen molar-refractivity contribution in [2.75, 3.05) is 26.7 Å². The number of likely N-dealkylation sites (tertiary alicyclic amines) is 1. The second-order valence-corrected chi connectivity index (χ2v) is 7.99. The van der Waals surface area contributed by atoms with Gasteiger partial charge in [0.2, 0.25) is 0 Å². The first-order valence-corrected chi connectivity index (χ1v) is 10.5. The molecule has 2 aromatic rings. The number of nitrogens with one attached hydrogen (secondary N) is 1. The van der Waals surface area contributed by atoms with Crippen molar-refractivity contribution in [3.05, 3.63) is 65.5 Å². The highest BCUT2D eigenvalue weighted by Gasteiger charge is 2.27. The summed E-state index contributed by atoms with van der Waals surface area (Å²) in [6.07, 6.45) is 0.328. The average Bonchev–Trinajstić information content (AvgIpc) is 2.82. The van der Waals surface area contributed by atoms with E-state index in [0.29, 0.717) is 18.3 Å². The zero-order valence-electron chi connectivity index (χ0n) is 24.9. The summed E-state index contributed by atoms with van der Waals surface area (Å²) < 4.78 is 76.7. The first-order valence-electron chi connectivity index (χ1n) is 14.0. The van der Waals surface area contributed by atoms with E-state index in [-0.39, 0.29) is 37.1 Å². The molecule has 0 atom stereocenters. The van der Waals surface area contributed by atoms with Gasteiger partial charge in [-0.25, -0.2) is 9.18 Å². The van der Waals surface area contributed by atoms with Crippen LogP contribution in [0.15, 0.2) is 48.5 Å². The third-order valence-electron chi connectivity index (χ3n) is 4.89. The highest BCUT2D eigenvalue weighted by molar-refractivity contribution is 5.74. The molecule has 1 heterocycles. The third kappa shape index (κ3) is 7.24. The molecule has 1 aliphatic heterocycles. The van der Waals surface area contributed by atoms with Crippen LogP contribution in [0.4, 0.5) is 9.18 Å². The van der Waals surface area contributed by atoms with E-state index in [9.17, 15) is 9.18 Å². The highest BCUT2D eigenvalue weighted by atomic mass is 19.1. The van der Waals surface area contributed by atoms with E-state index in [1.165, 1.54) is 29.2 Å². The Morgan fingerprint density at radius 1 is 1.19 bits per heavy atom. The molecule has 1 saturated heterocycles. The van der Waals surface area contributed by atoms with Crippen LogP contribution in [-0.2, 0) is 13.0 Å². The molecule has 0 spiro atoms. The number of piperidine rings is 1. The molecule has 0 aliphatic carbocycles. The summed E-state index contributed by atoms with van der Waals surface area (Å²) in [6.45, 7) is -2.38. The number of nitrogens with zero attached hydrogens (tertiary/aromatic N) is 2. The van der Waals surface area contributed by atoms with Crippen LogP contribution in [0.3, 0.4) is 0 Å². The van der Waals surface area contributed by atoms with Gasteiger partial charge in [-0.2, -0.15) is 0 Å². The van der Waals surface area contributed by atoms with Gasteiger partial charge in [-0.05, 0) is 74.2 Å². The molecule has 1 aliphatic rings. The SMILES string of the molecule is [2H]C([2H])(NC(=O)N(C1CCN(C([2H])([2H])[2H])CC1)C([2H])([2H])c1ccc(F)cc1)c1ccc(OCC(C)C)cc1. The minimum atomic E-state index is -2.44. The van der Waals surface area contributed by atoms with Gasteiger partial charge in [0.1, 0.15) is 11.6 Å². The lowest BCUT2D eigenvalue weighted by Crippen LogP contribution is -2.49. The van der Waals surface area contributed by atoms with E-state index < -0.39 is 37.9 Å². The van der Waals surface area contributed by atoms with Gasteiger partial charge >= 0.3 is 6.03 Å². The van der Waals surface area contributed by atoms with Crippen LogP contribution in [0.25, 0.3) is 0 Å². The molecular formula is C25H34FN3O2. The first kappa shape index (κ1) is 15.2. The standard InChI is InChI=1S/C25H34FN3O2/c1-19(2)18-31-24-10-6-20(7-11-24)16-27-25(30)29(23-12-14-28(3)15-13-23)17-21-4-8-22(26)9-5-21/h4-11,19,23H,12-18H2,1-3H3,(H,27,30)/i3D3,16D2,17D2. The van der Waals surface area contributed by atoms with Gasteiger partial charge < -0.3 is 19.9 Å². The van der Waals surface area contributed by atoms with Gasteiger partial charge in [0, 0.05) is 23.1 Å². The summed E-state index contributed by atoms with van der Waals surface area (Å²) in [6, 6.07) is 9.09. The Morgan fingerprint density at radius 3 is 2.45 bits per heavy atom. The molecule has 6 heteroatoms. The van der Waals surface area contributed by atoms with E-state index in [2.05, 4.69) is 5.32 Å². The number of ether oxygens (including phenoxy) is 1. The average molecular weight is 435 g/mol. The minimum absolute atomic E-state index is 0.0134. The van der Waals surface area contributed by atoms with Crippen LogP contribution in [0.5, 0.6) is 5.75 Å². The Bertz CT molecular complexity index is 1070. The lowest BCUT2D eigenvalue weighted by molar-refractivity contribution is 0.127.